The van der Waals surface area contributed by atoms with Crippen molar-refractivity contribution >= 4 is 5.96 Å². The molecule has 0 aromatic heterocycles. The van der Waals surface area contributed by atoms with Gasteiger partial charge in [-0.3, -0.25) is 4.99 Å². The molecule has 0 spiro atoms. The van der Waals surface area contributed by atoms with Crippen LogP contribution in [-0.2, 0) is 9.47 Å². The SMILES string of the molecule is CN=C(NCC(C)c1cccc(C)c1)N1CCC(OCC2CCCO2)CC1. The Labute approximate surface area is 164 Å². The number of nitrogens with one attached hydrogen (secondary N) is 1. The summed E-state index contributed by atoms with van der Waals surface area (Å²) in [6, 6.07) is 8.76. The van der Waals surface area contributed by atoms with Gasteiger partial charge in [-0.15, -0.1) is 0 Å². The molecular formula is C22H35N3O2. The summed E-state index contributed by atoms with van der Waals surface area (Å²) in [5, 5.41) is 3.56. The van der Waals surface area contributed by atoms with Gasteiger partial charge in [0, 0.05) is 33.3 Å². The summed E-state index contributed by atoms with van der Waals surface area (Å²) in [5.41, 5.74) is 2.69. The summed E-state index contributed by atoms with van der Waals surface area (Å²) < 4.78 is 11.7. The van der Waals surface area contributed by atoms with Crippen molar-refractivity contribution in [2.75, 3.05) is 39.9 Å². The molecule has 27 heavy (non-hydrogen) atoms. The number of aliphatic imine (C=N–C) groups is 1. The normalized spacial score (nSPS) is 22.9. The number of hydrogen-bond donors (Lipinski definition) is 1. The maximum absolute atomic E-state index is 6.08. The van der Waals surface area contributed by atoms with Crippen molar-refractivity contribution in [2.45, 2.75) is 57.7 Å². The van der Waals surface area contributed by atoms with Crippen molar-refractivity contribution < 1.29 is 9.47 Å². The standard InChI is InChI=1S/C22H35N3O2/c1-17-6-4-7-19(14-17)18(2)15-24-22(23-3)25-11-9-20(10-12-25)27-16-21-8-5-13-26-21/h4,6-7,14,18,20-21H,5,8-13,15-16H2,1-3H3,(H,23,24). The Morgan fingerprint density at radius 2 is 2.15 bits per heavy atom. The highest BCUT2D eigenvalue weighted by Crippen LogP contribution is 2.19. The second kappa shape index (κ2) is 10.1. The highest BCUT2D eigenvalue weighted by atomic mass is 16.5. The zero-order chi connectivity index (χ0) is 19.1. The van der Waals surface area contributed by atoms with E-state index in [-0.39, 0.29) is 0 Å². The van der Waals surface area contributed by atoms with Crippen LogP contribution >= 0.6 is 0 Å². The molecule has 5 heteroatoms. The van der Waals surface area contributed by atoms with Crippen molar-refractivity contribution in [2.24, 2.45) is 4.99 Å². The van der Waals surface area contributed by atoms with E-state index in [1.54, 1.807) is 0 Å². The van der Waals surface area contributed by atoms with Gasteiger partial charge in [0.25, 0.3) is 0 Å². The number of benzene rings is 1. The molecule has 0 bridgehead atoms. The van der Waals surface area contributed by atoms with Crippen molar-refractivity contribution in [1.82, 2.24) is 10.2 Å². The second-order valence-electron chi connectivity index (χ2n) is 7.90. The quantitative estimate of drug-likeness (QED) is 0.614. The van der Waals surface area contributed by atoms with E-state index < -0.39 is 0 Å². The number of nitrogens with zero attached hydrogens (tertiary/aromatic N) is 2. The third-order valence-corrected chi connectivity index (χ3v) is 5.67. The lowest BCUT2D eigenvalue weighted by atomic mass is 9.99. The van der Waals surface area contributed by atoms with Gasteiger partial charge in [-0.2, -0.15) is 0 Å². The molecule has 2 aliphatic rings. The Morgan fingerprint density at radius 3 is 2.81 bits per heavy atom. The van der Waals surface area contributed by atoms with Gasteiger partial charge in [0.2, 0.25) is 0 Å². The van der Waals surface area contributed by atoms with Gasteiger partial charge >= 0.3 is 0 Å². The molecule has 1 aromatic rings. The fourth-order valence-electron chi connectivity index (χ4n) is 3.92. The van der Waals surface area contributed by atoms with Crippen LogP contribution < -0.4 is 5.32 Å². The summed E-state index contributed by atoms with van der Waals surface area (Å²) in [4.78, 5) is 6.86. The molecule has 0 aliphatic carbocycles. The third kappa shape index (κ3) is 5.94. The van der Waals surface area contributed by atoms with Crippen molar-refractivity contribution in [3.05, 3.63) is 35.4 Å². The molecule has 1 aromatic carbocycles. The van der Waals surface area contributed by atoms with E-state index in [0.29, 0.717) is 18.1 Å². The summed E-state index contributed by atoms with van der Waals surface area (Å²) in [7, 11) is 1.87. The first-order valence-corrected chi connectivity index (χ1v) is 10.4. The number of likely N-dealkylation sites (tertiary alicyclic amines) is 1. The maximum atomic E-state index is 6.08. The van der Waals surface area contributed by atoms with Crippen LogP contribution in [0.5, 0.6) is 0 Å². The number of hydrogen-bond acceptors (Lipinski definition) is 3. The number of aryl methyl sites for hydroxylation is 1. The molecule has 2 fully saturated rings. The molecule has 0 saturated carbocycles. The topological polar surface area (TPSA) is 46.1 Å². The van der Waals surface area contributed by atoms with Crippen LogP contribution in [0.2, 0.25) is 0 Å². The molecule has 2 aliphatic heterocycles. The molecule has 0 amide bonds. The summed E-state index contributed by atoms with van der Waals surface area (Å²) in [6.07, 6.45) is 5.11. The van der Waals surface area contributed by atoms with Gasteiger partial charge in [-0.05, 0) is 44.1 Å². The second-order valence-corrected chi connectivity index (χ2v) is 7.90. The zero-order valence-corrected chi connectivity index (χ0v) is 17.1. The lowest BCUT2D eigenvalue weighted by molar-refractivity contribution is -0.0367. The van der Waals surface area contributed by atoms with Crippen molar-refractivity contribution in [1.29, 1.82) is 0 Å². The molecule has 2 saturated heterocycles. The van der Waals surface area contributed by atoms with E-state index in [2.05, 4.69) is 53.3 Å². The largest absolute Gasteiger partial charge is 0.376 e. The van der Waals surface area contributed by atoms with Crippen LogP contribution in [0.15, 0.2) is 29.3 Å². The van der Waals surface area contributed by atoms with E-state index >= 15 is 0 Å². The number of guanidine groups is 1. The van der Waals surface area contributed by atoms with Gasteiger partial charge < -0.3 is 19.7 Å². The molecule has 1 N–H and O–H groups in total. The van der Waals surface area contributed by atoms with Crippen LogP contribution in [0.4, 0.5) is 0 Å². The first kappa shape index (κ1) is 20.2. The molecule has 5 nitrogen and oxygen atoms in total. The van der Waals surface area contributed by atoms with Crippen LogP contribution in [-0.4, -0.2) is 63.0 Å². The minimum absolute atomic E-state index is 0.320. The lowest BCUT2D eigenvalue weighted by Crippen LogP contribution is -2.47. The summed E-state index contributed by atoms with van der Waals surface area (Å²) >= 11 is 0. The zero-order valence-electron chi connectivity index (χ0n) is 17.1. The summed E-state index contributed by atoms with van der Waals surface area (Å²) in [6.45, 7) is 8.95. The van der Waals surface area contributed by atoms with E-state index in [9.17, 15) is 0 Å². The van der Waals surface area contributed by atoms with Gasteiger partial charge in [-0.25, -0.2) is 0 Å². The first-order valence-electron chi connectivity index (χ1n) is 10.4. The van der Waals surface area contributed by atoms with Gasteiger partial charge in [-0.1, -0.05) is 36.8 Å². The van der Waals surface area contributed by atoms with Crippen molar-refractivity contribution in [3.63, 3.8) is 0 Å². The van der Waals surface area contributed by atoms with Crippen LogP contribution in [0.3, 0.4) is 0 Å². The lowest BCUT2D eigenvalue weighted by Gasteiger charge is -2.34. The Kier molecular flexibility index (Phi) is 7.53. The van der Waals surface area contributed by atoms with Crippen LogP contribution in [0.1, 0.15) is 49.7 Å². The smallest absolute Gasteiger partial charge is 0.193 e. The predicted molar refractivity (Wildman–Crippen MR) is 110 cm³/mol. The Bertz CT molecular complexity index is 605. The molecular weight excluding hydrogens is 338 g/mol. The van der Waals surface area contributed by atoms with E-state index in [0.717, 1.165) is 58.1 Å². The maximum Gasteiger partial charge on any atom is 0.193 e. The van der Waals surface area contributed by atoms with Crippen LogP contribution in [0.25, 0.3) is 0 Å². The number of rotatable bonds is 6. The minimum Gasteiger partial charge on any atom is -0.376 e. The molecule has 2 atom stereocenters. The minimum atomic E-state index is 0.320. The number of ether oxygens (including phenoxy) is 2. The molecule has 150 valence electrons. The average molecular weight is 374 g/mol. The summed E-state index contributed by atoms with van der Waals surface area (Å²) in [5.74, 6) is 1.46. The third-order valence-electron chi connectivity index (χ3n) is 5.67. The Balaban J connectivity index is 1.40. The fraction of sp³-hybridized carbons (Fsp3) is 0.682. The fourth-order valence-corrected chi connectivity index (χ4v) is 3.92. The molecule has 2 unspecified atom stereocenters. The Hall–Kier alpha value is -1.59. The van der Waals surface area contributed by atoms with Crippen LogP contribution in [0, 0.1) is 6.92 Å². The van der Waals surface area contributed by atoms with Gasteiger partial charge in [0.05, 0.1) is 18.8 Å². The monoisotopic (exact) mass is 373 g/mol. The average Bonchev–Trinajstić information content (AvgIpc) is 3.21. The number of piperidine rings is 1. The highest BCUT2D eigenvalue weighted by molar-refractivity contribution is 5.80. The van der Waals surface area contributed by atoms with Crippen molar-refractivity contribution in [3.8, 4) is 0 Å². The van der Waals surface area contributed by atoms with Gasteiger partial charge in [0.1, 0.15) is 0 Å². The Morgan fingerprint density at radius 1 is 1.33 bits per heavy atom. The predicted octanol–water partition coefficient (Wildman–Crippen LogP) is 3.33. The van der Waals surface area contributed by atoms with Gasteiger partial charge in [0.15, 0.2) is 5.96 Å². The first-order chi connectivity index (χ1) is 13.2. The highest BCUT2D eigenvalue weighted by Gasteiger charge is 2.24. The van der Waals surface area contributed by atoms with E-state index in [4.69, 9.17) is 9.47 Å². The van der Waals surface area contributed by atoms with E-state index in [1.807, 2.05) is 7.05 Å². The molecule has 0 radical (unpaired) electrons. The molecule has 3 rings (SSSR count). The van der Waals surface area contributed by atoms with E-state index in [1.165, 1.54) is 17.5 Å². The molecule has 2 heterocycles.